The van der Waals surface area contributed by atoms with Crippen molar-refractivity contribution in [3.05, 3.63) is 12.7 Å². The molecule has 2 saturated carbocycles. The predicted octanol–water partition coefficient (Wildman–Crippen LogP) is 0.841. The van der Waals surface area contributed by atoms with Gasteiger partial charge in [-0.3, -0.25) is 0 Å². The van der Waals surface area contributed by atoms with Gasteiger partial charge in [0.2, 0.25) is 0 Å². The van der Waals surface area contributed by atoms with E-state index in [4.69, 9.17) is 10.5 Å². The molecule has 4 unspecified atom stereocenters. The van der Waals surface area contributed by atoms with Gasteiger partial charge in [0.05, 0.1) is 0 Å². The molecular formula is C10H15NO2. The molecule has 0 aromatic rings. The molecule has 2 N–H and O–H groups in total. The molecule has 13 heavy (non-hydrogen) atoms. The lowest BCUT2D eigenvalue weighted by Gasteiger charge is -2.24. The molecule has 0 aliphatic heterocycles. The van der Waals surface area contributed by atoms with Crippen LogP contribution < -0.4 is 5.73 Å². The zero-order valence-electron chi connectivity index (χ0n) is 7.61. The number of hydrogen-bond donors (Lipinski definition) is 1. The van der Waals surface area contributed by atoms with E-state index < -0.39 is 0 Å². The Balaban J connectivity index is 1.92. The number of fused-ring (bicyclic) bond motifs is 2. The van der Waals surface area contributed by atoms with Crippen LogP contribution in [0.1, 0.15) is 19.3 Å². The Morgan fingerprint density at radius 1 is 1.38 bits per heavy atom. The first-order valence-corrected chi connectivity index (χ1v) is 4.79. The van der Waals surface area contributed by atoms with E-state index in [9.17, 15) is 4.79 Å². The molecule has 0 amide bonds. The van der Waals surface area contributed by atoms with Crippen LogP contribution in [-0.4, -0.2) is 18.1 Å². The highest BCUT2D eigenvalue weighted by Gasteiger charge is 2.45. The molecule has 2 bridgehead atoms. The summed E-state index contributed by atoms with van der Waals surface area (Å²) in [5.74, 6) is 0.780. The molecule has 2 rings (SSSR count). The van der Waals surface area contributed by atoms with Crippen LogP contribution in [0.5, 0.6) is 0 Å². The Bertz CT molecular complexity index is 237. The first kappa shape index (κ1) is 8.75. The van der Waals surface area contributed by atoms with Crippen molar-refractivity contribution in [2.24, 2.45) is 17.6 Å². The number of ether oxygens (including phenoxy) is 1. The Morgan fingerprint density at radius 3 is 2.62 bits per heavy atom. The molecule has 2 fully saturated rings. The minimum absolute atomic E-state index is 0.107. The van der Waals surface area contributed by atoms with Gasteiger partial charge in [0.1, 0.15) is 6.10 Å². The zero-order valence-corrected chi connectivity index (χ0v) is 7.61. The lowest BCUT2D eigenvalue weighted by atomic mass is 9.94. The molecule has 3 nitrogen and oxygen atoms in total. The summed E-state index contributed by atoms with van der Waals surface area (Å²) >= 11 is 0. The summed E-state index contributed by atoms with van der Waals surface area (Å²) in [6.07, 6.45) is 4.43. The van der Waals surface area contributed by atoms with E-state index in [2.05, 4.69) is 6.58 Å². The second kappa shape index (κ2) is 3.14. The largest absolute Gasteiger partial charge is 0.459 e. The fourth-order valence-electron chi connectivity index (χ4n) is 2.61. The van der Waals surface area contributed by atoms with Crippen LogP contribution in [0, 0.1) is 11.8 Å². The maximum absolute atomic E-state index is 11.0. The maximum Gasteiger partial charge on any atom is 0.330 e. The van der Waals surface area contributed by atoms with Crippen molar-refractivity contribution in [3.63, 3.8) is 0 Å². The smallest absolute Gasteiger partial charge is 0.330 e. The molecule has 2 aliphatic rings. The fraction of sp³-hybridized carbons (Fsp3) is 0.700. The quantitative estimate of drug-likeness (QED) is 0.507. The molecule has 0 aromatic heterocycles. The van der Waals surface area contributed by atoms with Crippen LogP contribution in [0.3, 0.4) is 0 Å². The van der Waals surface area contributed by atoms with Gasteiger partial charge in [-0.25, -0.2) is 4.79 Å². The van der Waals surface area contributed by atoms with Crippen molar-refractivity contribution >= 4 is 5.97 Å². The minimum atomic E-state index is -0.300. The van der Waals surface area contributed by atoms with Crippen molar-refractivity contribution in [3.8, 4) is 0 Å². The van der Waals surface area contributed by atoms with E-state index in [0.717, 1.165) is 19.3 Å². The van der Waals surface area contributed by atoms with E-state index in [1.165, 1.54) is 6.08 Å². The van der Waals surface area contributed by atoms with E-state index in [0.29, 0.717) is 17.9 Å². The second-order valence-electron chi connectivity index (χ2n) is 4.07. The highest BCUT2D eigenvalue weighted by Crippen LogP contribution is 2.45. The molecular weight excluding hydrogens is 166 g/mol. The number of rotatable bonds is 2. The topological polar surface area (TPSA) is 52.3 Å². The Kier molecular flexibility index (Phi) is 2.12. The van der Waals surface area contributed by atoms with Crippen LogP contribution >= 0.6 is 0 Å². The summed E-state index contributed by atoms with van der Waals surface area (Å²) in [6.45, 7) is 3.38. The van der Waals surface area contributed by atoms with Gasteiger partial charge in [0.25, 0.3) is 0 Å². The first-order valence-electron chi connectivity index (χ1n) is 4.79. The molecule has 0 heterocycles. The first-order chi connectivity index (χ1) is 6.20. The second-order valence-corrected chi connectivity index (χ2v) is 4.07. The number of carbonyl (C=O) groups is 1. The number of nitrogens with two attached hydrogens (primary N) is 1. The van der Waals surface area contributed by atoms with Gasteiger partial charge in [-0.05, 0) is 31.1 Å². The number of carbonyl (C=O) groups excluding carboxylic acids is 1. The Labute approximate surface area is 77.9 Å². The molecule has 0 radical (unpaired) electrons. The third-order valence-electron chi connectivity index (χ3n) is 3.28. The summed E-state index contributed by atoms with van der Waals surface area (Å²) in [7, 11) is 0. The lowest BCUT2D eigenvalue weighted by Crippen LogP contribution is -2.33. The summed E-state index contributed by atoms with van der Waals surface area (Å²) in [4.78, 5) is 11.0. The van der Waals surface area contributed by atoms with Crippen molar-refractivity contribution in [2.45, 2.75) is 31.4 Å². The van der Waals surface area contributed by atoms with E-state index in [-0.39, 0.29) is 12.1 Å². The highest BCUT2D eigenvalue weighted by atomic mass is 16.5. The van der Waals surface area contributed by atoms with E-state index in [1.54, 1.807) is 0 Å². The van der Waals surface area contributed by atoms with Gasteiger partial charge in [-0.2, -0.15) is 0 Å². The summed E-state index contributed by atoms with van der Waals surface area (Å²) < 4.78 is 5.23. The van der Waals surface area contributed by atoms with Gasteiger partial charge >= 0.3 is 5.97 Å². The molecule has 72 valence electrons. The predicted molar refractivity (Wildman–Crippen MR) is 48.9 cm³/mol. The SMILES string of the molecule is C=CC(=O)OC1CC2CC1CC2N. The van der Waals surface area contributed by atoms with Crippen molar-refractivity contribution in [1.82, 2.24) is 0 Å². The summed E-state index contributed by atoms with van der Waals surface area (Å²) in [6, 6.07) is 0.337. The van der Waals surface area contributed by atoms with E-state index in [1.807, 2.05) is 0 Å². The third-order valence-corrected chi connectivity index (χ3v) is 3.28. The normalized spacial score (nSPS) is 41.9. The molecule has 4 atom stereocenters. The van der Waals surface area contributed by atoms with Crippen LogP contribution in [0.25, 0.3) is 0 Å². The van der Waals surface area contributed by atoms with Crippen LogP contribution in [0.4, 0.5) is 0 Å². The summed E-state index contributed by atoms with van der Waals surface area (Å²) in [5, 5.41) is 0. The summed E-state index contributed by atoms with van der Waals surface area (Å²) in [5.41, 5.74) is 5.88. The number of esters is 1. The highest BCUT2D eigenvalue weighted by molar-refractivity contribution is 5.81. The van der Waals surface area contributed by atoms with Crippen molar-refractivity contribution < 1.29 is 9.53 Å². The Hall–Kier alpha value is -0.830. The standard InChI is InChI=1S/C10H15NO2/c1-2-10(12)13-9-5-6-3-7(9)4-8(6)11/h2,6-9H,1,3-5,11H2. The average Bonchev–Trinajstić information content (AvgIpc) is 2.63. The lowest BCUT2D eigenvalue weighted by molar-refractivity contribution is -0.145. The van der Waals surface area contributed by atoms with Gasteiger partial charge in [-0.1, -0.05) is 6.58 Å². The van der Waals surface area contributed by atoms with Gasteiger partial charge in [0, 0.05) is 12.1 Å². The number of hydrogen-bond acceptors (Lipinski definition) is 3. The van der Waals surface area contributed by atoms with E-state index >= 15 is 0 Å². The molecule has 3 heteroatoms. The zero-order chi connectivity index (χ0) is 9.42. The maximum atomic E-state index is 11.0. The fourth-order valence-corrected chi connectivity index (χ4v) is 2.61. The molecule has 0 saturated heterocycles. The Morgan fingerprint density at radius 2 is 2.15 bits per heavy atom. The van der Waals surface area contributed by atoms with Crippen LogP contribution in [-0.2, 0) is 9.53 Å². The van der Waals surface area contributed by atoms with Crippen molar-refractivity contribution in [2.75, 3.05) is 0 Å². The molecule has 2 aliphatic carbocycles. The monoisotopic (exact) mass is 181 g/mol. The molecule has 0 aromatic carbocycles. The van der Waals surface area contributed by atoms with Gasteiger partial charge < -0.3 is 10.5 Å². The van der Waals surface area contributed by atoms with Gasteiger partial charge in [0.15, 0.2) is 0 Å². The molecule has 0 spiro atoms. The minimum Gasteiger partial charge on any atom is -0.459 e. The third kappa shape index (κ3) is 1.48. The van der Waals surface area contributed by atoms with Crippen LogP contribution in [0.15, 0.2) is 12.7 Å². The van der Waals surface area contributed by atoms with Crippen molar-refractivity contribution in [1.29, 1.82) is 0 Å². The average molecular weight is 181 g/mol. The van der Waals surface area contributed by atoms with Gasteiger partial charge in [-0.15, -0.1) is 0 Å². The van der Waals surface area contributed by atoms with Crippen LogP contribution in [0.2, 0.25) is 0 Å².